The van der Waals surface area contributed by atoms with Gasteiger partial charge in [-0.15, -0.1) is 0 Å². The van der Waals surface area contributed by atoms with E-state index in [9.17, 15) is 4.79 Å². The third-order valence-electron chi connectivity index (χ3n) is 1.45. The molecule has 2 heteroatoms. The maximum atomic E-state index is 10.7. The van der Waals surface area contributed by atoms with Crippen molar-refractivity contribution in [1.29, 1.82) is 0 Å². The van der Waals surface area contributed by atoms with Gasteiger partial charge in [0.1, 0.15) is 6.61 Å². The summed E-state index contributed by atoms with van der Waals surface area (Å²) in [5, 5.41) is 0. The smallest absolute Gasteiger partial charge is 0.306 e. The molecule has 0 heterocycles. The molecule has 0 saturated heterocycles. The molecule has 0 amide bonds. The lowest BCUT2D eigenvalue weighted by atomic mass is 10.2. The van der Waals surface area contributed by atoms with E-state index in [1.54, 1.807) is 0 Å². The average molecular weight is 163 g/mol. The van der Waals surface area contributed by atoms with Gasteiger partial charge in [0.25, 0.3) is 0 Å². The fraction of sp³-hybridized carbons (Fsp3) is 0.200. The Kier molecular flexibility index (Phi) is 3.33. The van der Waals surface area contributed by atoms with Crippen LogP contribution in [-0.2, 0) is 16.1 Å². The van der Waals surface area contributed by atoms with Crippen molar-refractivity contribution >= 4 is 5.97 Å². The first-order chi connectivity index (χ1) is 5.83. The second-order valence-electron chi connectivity index (χ2n) is 2.40. The predicted octanol–water partition coefficient (Wildman–Crippen LogP) is 1.95. The SMILES string of the molecule is [CH2]CC(=O)OCc1ccccc1. The van der Waals surface area contributed by atoms with Gasteiger partial charge in [-0.05, 0) is 12.5 Å². The minimum absolute atomic E-state index is 0.187. The second kappa shape index (κ2) is 4.54. The van der Waals surface area contributed by atoms with Crippen molar-refractivity contribution in [3.63, 3.8) is 0 Å². The summed E-state index contributed by atoms with van der Waals surface area (Å²) in [6.07, 6.45) is 0.187. The molecule has 12 heavy (non-hydrogen) atoms. The molecule has 1 radical (unpaired) electrons. The molecule has 2 nitrogen and oxygen atoms in total. The van der Waals surface area contributed by atoms with E-state index in [2.05, 4.69) is 6.92 Å². The number of esters is 1. The van der Waals surface area contributed by atoms with Crippen molar-refractivity contribution < 1.29 is 9.53 Å². The Morgan fingerprint density at radius 2 is 2.00 bits per heavy atom. The molecular formula is C10H11O2. The molecule has 1 aromatic rings. The summed E-state index contributed by atoms with van der Waals surface area (Å²) in [6.45, 7) is 3.77. The highest BCUT2D eigenvalue weighted by molar-refractivity contribution is 5.69. The monoisotopic (exact) mass is 163 g/mol. The lowest BCUT2D eigenvalue weighted by Gasteiger charge is -2.01. The zero-order chi connectivity index (χ0) is 8.81. The van der Waals surface area contributed by atoms with Gasteiger partial charge < -0.3 is 4.74 Å². The molecule has 0 spiro atoms. The van der Waals surface area contributed by atoms with Crippen LogP contribution < -0.4 is 0 Å². The highest BCUT2D eigenvalue weighted by Crippen LogP contribution is 2.00. The molecule has 1 rings (SSSR count). The summed E-state index contributed by atoms with van der Waals surface area (Å²) >= 11 is 0. The highest BCUT2D eigenvalue weighted by Gasteiger charge is 1.97. The number of carbonyl (C=O) groups is 1. The lowest BCUT2D eigenvalue weighted by Crippen LogP contribution is -2.01. The summed E-state index contributed by atoms with van der Waals surface area (Å²) in [5.74, 6) is -0.265. The third kappa shape index (κ3) is 2.74. The van der Waals surface area contributed by atoms with E-state index in [1.807, 2.05) is 30.3 Å². The maximum Gasteiger partial charge on any atom is 0.306 e. The molecule has 0 bridgehead atoms. The van der Waals surface area contributed by atoms with E-state index in [-0.39, 0.29) is 12.4 Å². The number of rotatable bonds is 3. The van der Waals surface area contributed by atoms with Crippen molar-refractivity contribution in [3.8, 4) is 0 Å². The Bertz CT molecular complexity index is 241. The molecule has 0 aliphatic rings. The van der Waals surface area contributed by atoms with Gasteiger partial charge in [0.15, 0.2) is 0 Å². The van der Waals surface area contributed by atoms with Crippen LogP contribution in [-0.4, -0.2) is 5.97 Å². The van der Waals surface area contributed by atoms with Gasteiger partial charge in [0, 0.05) is 6.42 Å². The fourth-order valence-corrected chi connectivity index (χ4v) is 0.810. The van der Waals surface area contributed by atoms with Crippen molar-refractivity contribution in [2.75, 3.05) is 0 Å². The molecule has 0 saturated carbocycles. The summed E-state index contributed by atoms with van der Waals surface area (Å²) in [4.78, 5) is 10.7. The van der Waals surface area contributed by atoms with Crippen LogP contribution in [0.2, 0.25) is 0 Å². The number of carbonyl (C=O) groups excluding carboxylic acids is 1. The molecule has 0 aliphatic carbocycles. The first-order valence-electron chi connectivity index (χ1n) is 3.81. The zero-order valence-corrected chi connectivity index (χ0v) is 6.82. The van der Waals surface area contributed by atoms with Crippen LogP contribution >= 0.6 is 0 Å². The van der Waals surface area contributed by atoms with Crippen molar-refractivity contribution in [1.82, 2.24) is 0 Å². The topological polar surface area (TPSA) is 26.3 Å². The Morgan fingerprint density at radius 3 is 2.58 bits per heavy atom. The van der Waals surface area contributed by atoms with Gasteiger partial charge in [-0.3, -0.25) is 4.79 Å². The van der Waals surface area contributed by atoms with Gasteiger partial charge in [0.2, 0.25) is 0 Å². The van der Waals surface area contributed by atoms with Gasteiger partial charge in [-0.25, -0.2) is 0 Å². The summed E-state index contributed by atoms with van der Waals surface area (Å²) in [5.41, 5.74) is 0.999. The average Bonchev–Trinajstić information content (AvgIpc) is 2.16. The van der Waals surface area contributed by atoms with Gasteiger partial charge in [0.05, 0.1) is 0 Å². The Morgan fingerprint density at radius 1 is 1.33 bits per heavy atom. The van der Waals surface area contributed by atoms with Crippen molar-refractivity contribution in [3.05, 3.63) is 42.8 Å². The number of hydrogen-bond donors (Lipinski definition) is 0. The lowest BCUT2D eigenvalue weighted by molar-refractivity contribution is -0.143. The minimum atomic E-state index is -0.265. The first-order valence-corrected chi connectivity index (χ1v) is 3.81. The van der Waals surface area contributed by atoms with Crippen LogP contribution in [0.25, 0.3) is 0 Å². The van der Waals surface area contributed by atoms with Crippen LogP contribution in [0.3, 0.4) is 0 Å². The van der Waals surface area contributed by atoms with Crippen LogP contribution in [0.1, 0.15) is 12.0 Å². The maximum absolute atomic E-state index is 10.7. The molecule has 63 valence electrons. The molecular weight excluding hydrogens is 152 g/mol. The summed E-state index contributed by atoms with van der Waals surface area (Å²) in [7, 11) is 0. The normalized spacial score (nSPS) is 9.42. The van der Waals surface area contributed by atoms with Gasteiger partial charge >= 0.3 is 5.97 Å². The molecule has 0 aliphatic heterocycles. The van der Waals surface area contributed by atoms with Crippen molar-refractivity contribution in [2.24, 2.45) is 0 Å². The van der Waals surface area contributed by atoms with E-state index in [1.165, 1.54) is 0 Å². The second-order valence-corrected chi connectivity index (χ2v) is 2.40. The van der Waals surface area contributed by atoms with Crippen molar-refractivity contribution in [2.45, 2.75) is 13.0 Å². The highest BCUT2D eigenvalue weighted by atomic mass is 16.5. The van der Waals surface area contributed by atoms with E-state index < -0.39 is 0 Å². The van der Waals surface area contributed by atoms with E-state index in [0.717, 1.165) is 5.56 Å². The largest absolute Gasteiger partial charge is 0.461 e. The molecule has 0 atom stereocenters. The van der Waals surface area contributed by atoms with E-state index in [0.29, 0.717) is 6.61 Å². The summed E-state index contributed by atoms with van der Waals surface area (Å²) < 4.78 is 4.88. The van der Waals surface area contributed by atoms with Crippen LogP contribution in [0, 0.1) is 6.92 Å². The molecule has 0 unspecified atom stereocenters. The Hall–Kier alpha value is -1.31. The number of benzene rings is 1. The standard InChI is InChI=1S/C10H11O2/c1-2-10(11)12-8-9-6-4-3-5-7-9/h3-7H,1-2,8H2. The quantitative estimate of drug-likeness (QED) is 0.636. The van der Waals surface area contributed by atoms with E-state index in [4.69, 9.17) is 4.74 Å². The van der Waals surface area contributed by atoms with Crippen LogP contribution in [0.15, 0.2) is 30.3 Å². The first kappa shape index (κ1) is 8.78. The predicted molar refractivity (Wildman–Crippen MR) is 46.2 cm³/mol. The van der Waals surface area contributed by atoms with Crippen LogP contribution in [0.5, 0.6) is 0 Å². The van der Waals surface area contributed by atoms with Gasteiger partial charge in [-0.1, -0.05) is 30.3 Å². The number of hydrogen-bond acceptors (Lipinski definition) is 2. The Balaban J connectivity index is 2.38. The zero-order valence-electron chi connectivity index (χ0n) is 6.82. The third-order valence-corrected chi connectivity index (χ3v) is 1.45. The fourth-order valence-electron chi connectivity index (χ4n) is 0.810. The molecule has 0 aromatic heterocycles. The molecule has 0 fully saturated rings. The van der Waals surface area contributed by atoms with E-state index >= 15 is 0 Å². The molecule has 1 aromatic carbocycles. The molecule has 0 N–H and O–H groups in total. The number of ether oxygens (including phenoxy) is 1. The summed E-state index contributed by atoms with van der Waals surface area (Å²) in [6, 6.07) is 9.57. The van der Waals surface area contributed by atoms with Gasteiger partial charge in [-0.2, -0.15) is 0 Å². The minimum Gasteiger partial charge on any atom is -0.461 e. The Labute approximate surface area is 72.2 Å². The van der Waals surface area contributed by atoms with Crippen LogP contribution in [0.4, 0.5) is 0 Å².